The molecule has 1 aliphatic rings. The number of thioether (sulfide) groups is 1. The third kappa shape index (κ3) is 4.71. The van der Waals surface area contributed by atoms with Gasteiger partial charge < -0.3 is 9.64 Å². The molecule has 0 N–H and O–H groups in total. The van der Waals surface area contributed by atoms with Gasteiger partial charge in [-0.3, -0.25) is 14.2 Å². The van der Waals surface area contributed by atoms with E-state index in [2.05, 4.69) is 11.9 Å². The van der Waals surface area contributed by atoms with Crippen LogP contribution in [0.25, 0.3) is 10.9 Å². The van der Waals surface area contributed by atoms with Crippen molar-refractivity contribution in [3.8, 4) is 0 Å². The van der Waals surface area contributed by atoms with Crippen LogP contribution in [0.2, 0.25) is 0 Å². The maximum Gasteiger partial charge on any atom is 0.262 e. The van der Waals surface area contributed by atoms with Crippen molar-refractivity contribution in [1.82, 2.24) is 14.5 Å². The molecule has 2 atom stereocenters. The smallest absolute Gasteiger partial charge is 0.262 e. The Hall–Kier alpha value is -1.86. The number of carbonyl (C=O) groups is 1. The Morgan fingerprint density at radius 3 is 2.67 bits per heavy atom. The number of nitrogens with zero attached hydrogens (tertiary/aromatic N) is 3. The summed E-state index contributed by atoms with van der Waals surface area (Å²) >= 11 is 1.35. The second-order valence-electron chi connectivity index (χ2n) is 7.07. The first-order chi connectivity index (χ1) is 13.0. The molecule has 1 amide bonds. The van der Waals surface area contributed by atoms with Gasteiger partial charge in [0.15, 0.2) is 5.16 Å². The van der Waals surface area contributed by atoms with Crippen LogP contribution in [0.5, 0.6) is 0 Å². The highest BCUT2D eigenvalue weighted by Crippen LogP contribution is 2.20. The fourth-order valence-corrected chi connectivity index (χ4v) is 4.30. The van der Waals surface area contributed by atoms with Crippen molar-refractivity contribution in [3.05, 3.63) is 34.6 Å². The van der Waals surface area contributed by atoms with Gasteiger partial charge in [0.25, 0.3) is 5.56 Å². The lowest BCUT2D eigenvalue weighted by Gasteiger charge is -2.35. The van der Waals surface area contributed by atoms with Crippen molar-refractivity contribution in [2.75, 3.05) is 18.8 Å². The molecule has 6 nitrogen and oxygen atoms in total. The molecule has 27 heavy (non-hydrogen) atoms. The summed E-state index contributed by atoms with van der Waals surface area (Å²) in [4.78, 5) is 32.1. The second-order valence-corrected chi connectivity index (χ2v) is 8.01. The Morgan fingerprint density at radius 2 is 1.96 bits per heavy atom. The van der Waals surface area contributed by atoms with E-state index in [1.807, 2.05) is 43.0 Å². The Labute approximate surface area is 163 Å². The van der Waals surface area contributed by atoms with Crippen LogP contribution < -0.4 is 5.56 Å². The zero-order valence-corrected chi connectivity index (χ0v) is 17.0. The molecule has 0 bridgehead atoms. The lowest BCUT2D eigenvalue weighted by molar-refractivity contribution is -0.140. The van der Waals surface area contributed by atoms with E-state index < -0.39 is 0 Å². The Balaban J connectivity index is 1.80. The van der Waals surface area contributed by atoms with Gasteiger partial charge in [-0.05, 0) is 32.4 Å². The van der Waals surface area contributed by atoms with Crippen LogP contribution in [-0.4, -0.2) is 51.4 Å². The quantitative estimate of drug-likeness (QED) is 0.561. The summed E-state index contributed by atoms with van der Waals surface area (Å²) in [5.74, 6) is 0.336. The predicted octanol–water partition coefficient (Wildman–Crippen LogP) is 2.92. The summed E-state index contributed by atoms with van der Waals surface area (Å²) in [6.45, 7) is 7.90. The van der Waals surface area contributed by atoms with E-state index in [4.69, 9.17) is 4.74 Å². The largest absolute Gasteiger partial charge is 0.372 e. The fraction of sp³-hybridized carbons (Fsp3) is 0.550. The standard InChI is InChI=1S/C20H27N3O3S/c1-4-5-10-23-19(25)16-8-6-7-9-17(16)21-20(23)27-13-18(24)22-11-14(2)26-15(3)12-22/h6-9,14-15H,4-5,10-13H2,1-3H3/t14-,15-/m1/s1. The highest BCUT2D eigenvalue weighted by Gasteiger charge is 2.26. The summed E-state index contributed by atoms with van der Waals surface area (Å²) < 4.78 is 7.41. The molecule has 1 aliphatic heterocycles. The maximum absolute atomic E-state index is 12.9. The van der Waals surface area contributed by atoms with Gasteiger partial charge in [-0.15, -0.1) is 0 Å². The van der Waals surface area contributed by atoms with Crippen LogP contribution in [0.1, 0.15) is 33.6 Å². The van der Waals surface area contributed by atoms with Crippen molar-refractivity contribution in [2.45, 2.75) is 57.5 Å². The number of amides is 1. The molecule has 1 saturated heterocycles. The van der Waals surface area contributed by atoms with E-state index in [0.717, 1.165) is 12.8 Å². The molecule has 0 spiro atoms. The number of fused-ring (bicyclic) bond motifs is 1. The number of hydrogen-bond acceptors (Lipinski definition) is 5. The van der Waals surface area contributed by atoms with E-state index in [1.54, 1.807) is 4.57 Å². The average molecular weight is 390 g/mol. The predicted molar refractivity (Wildman–Crippen MR) is 108 cm³/mol. The molecule has 2 heterocycles. The van der Waals surface area contributed by atoms with Gasteiger partial charge in [0.2, 0.25) is 5.91 Å². The number of carbonyl (C=O) groups excluding carboxylic acids is 1. The molecule has 0 saturated carbocycles. The molecule has 3 rings (SSSR count). The lowest BCUT2D eigenvalue weighted by Crippen LogP contribution is -2.48. The number of morpholine rings is 1. The summed E-state index contributed by atoms with van der Waals surface area (Å²) in [6, 6.07) is 7.38. The molecule has 0 radical (unpaired) electrons. The SMILES string of the molecule is CCCCn1c(SCC(=O)N2C[C@@H](C)O[C@H](C)C2)nc2ccccc2c1=O. The monoisotopic (exact) mass is 389 g/mol. The van der Waals surface area contributed by atoms with Crippen LogP contribution in [0.3, 0.4) is 0 Å². The molecule has 0 aliphatic carbocycles. The minimum Gasteiger partial charge on any atom is -0.372 e. The zero-order chi connectivity index (χ0) is 19.4. The summed E-state index contributed by atoms with van der Waals surface area (Å²) in [5.41, 5.74) is 0.649. The van der Waals surface area contributed by atoms with Crippen LogP contribution in [0, 0.1) is 0 Å². The topological polar surface area (TPSA) is 64.4 Å². The first kappa shape index (κ1) is 19.9. The molecular formula is C20H27N3O3S. The summed E-state index contributed by atoms with van der Waals surface area (Å²) in [6.07, 6.45) is 1.99. The van der Waals surface area contributed by atoms with Gasteiger partial charge in [0.1, 0.15) is 0 Å². The Morgan fingerprint density at radius 1 is 1.26 bits per heavy atom. The minimum absolute atomic E-state index is 0.0300. The number of aromatic nitrogens is 2. The zero-order valence-electron chi connectivity index (χ0n) is 16.2. The molecule has 2 aromatic rings. The van der Waals surface area contributed by atoms with E-state index in [9.17, 15) is 9.59 Å². The molecule has 1 fully saturated rings. The highest BCUT2D eigenvalue weighted by molar-refractivity contribution is 7.99. The van der Waals surface area contributed by atoms with Crippen LogP contribution in [-0.2, 0) is 16.1 Å². The number of ether oxygens (including phenoxy) is 1. The van der Waals surface area contributed by atoms with Crippen LogP contribution >= 0.6 is 11.8 Å². The fourth-order valence-electron chi connectivity index (χ4n) is 3.37. The van der Waals surface area contributed by atoms with Gasteiger partial charge in [-0.2, -0.15) is 0 Å². The van der Waals surface area contributed by atoms with E-state index >= 15 is 0 Å². The minimum atomic E-state index is -0.0300. The number of para-hydroxylation sites is 1. The van der Waals surface area contributed by atoms with Crippen molar-refractivity contribution in [2.24, 2.45) is 0 Å². The number of hydrogen-bond donors (Lipinski definition) is 0. The Bertz CT molecular complexity index is 857. The van der Waals surface area contributed by atoms with Gasteiger partial charge in [0.05, 0.1) is 28.9 Å². The van der Waals surface area contributed by atoms with Gasteiger partial charge in [0, 0.05) is 19.6 Å². The molecule has 7 heteroatoms. The van der Waals surface area contributed by atoms with Crippen molar-refractivity contribution in [3.63, 3.8) is 0 Å². The van der Waals surface area contributed by atoms with Crippen LogP contribution in [0.15, 0.2) is 34.2 Å². The van der Waals surface area contributed by atoms with Crippen LogP contribution in [0.4, 0.5) is 0 Å². The van der Waals surface area contributed by atoms with E-state index in [1.165, 1.54) is 11.8 Å². The summed E-state index contributed by atoms with van der Waals surface area (Å²) in [5, 5.41) is 1.25. The van der Waals surface area contributed by atoms with Crippen molar-refractivity contribution < 1.29 is 9.53 Å². The first-order valence-electron chi connectivity index (χ1n) is 9.55. The van der Waals surface area contributed by atoms with Crippen molar-refractivity contribution in [1.29, 1.82) is 0 Å². The molecular weight excluding hydrogens is 362 g/mol. The average Bonchev–Trinajstić information content (AvgIpc) is 2.65. The van der Waals surface area contributed by atoms with Gasteiger partial charge in [-0.1, -0.05) is 37.2 Å². The number of unbranched alkanes of at least 4 members (excludes halogenated alkanes) is 1. The third-order valence-corrected chi connectivity index (χ3v) is 5.62. The highest BCUT2D eigenvalue weighted by atomic mass is 32.2. The Kier molecular flexibility index (Phi) is 6.55. The third-order valence-electron chi connectivity index (χ3n) is 4.66. The molecule has 0 unspecified atom stereocenters. The van der Waals surface area contributed by atoms with Gasteiger partial charge >= 0.3 is 0 Å². The van der Waals surface area contributed by atoms with E-state index in [0.29, 0.717) is 35.7 Å². The molecule has 1 aromatic carbocycles. The van der Waals surface area contributed by atoms with Crippen molar-refractivity contribution >= 4 is 28.6 Å². The summed E-state index contributed by atoms with van der Waals surface area (Å²) in [7, 11) is 0. The molecule has 1 aromatic heterocycles. The number of rotatable bonds is 6. The first-order valence-corrected chi connectivity index (χ1v) is 10.5. The van der Waals surface area contributed by atoms with Gasteiger partial charge in [-0.25, -0.2) is 4.98 Å². The maximum atomic E-state index is 12.9. The normalized spacial score (nSPS) is 20.2. The molecule has 146 valence electrons. The van der Waals surface area contributed by atoms with E-state index in [-0.39, 0.29) is 29.4 Å². The lowest BCUT2D eigenvalue weighted by atomic mass is 10.2. The second kappa shape index (κ2) is 8.89. The number of benzene rings is 1.